The van der Waals surface area contributed by atoms with Crippen LogP contribution in [0.2, 0.25) is 0 Å². The Labute approximate surface area is 164 Å². The molecular weight excluding hydrogens is 406 g/mol. The van der Waals surface area contributed by atoms with Gasteiger partial charge in [-0.2, -0.15) is 0 Å². The van der Waals surface area contributed by atoms with Crippen LogP contribution in [-0.2, 0) is 0 Å². The van der Waals surface area contributed by atoms with Crippen LogP contribution in [0.4, 0.5) is 0 Å². The normalized spacial score (nSPS) is 12.1. The quantitative estimate of drug-likeness (QED) is 0.515. The van der Waals surface area contributed by atoms with Crippen LogP contribution in [0.25, 0.3) is 22.2 Å². The molecule has 134 valence electrons. The van der Waals surface area contributed by atoms with Gasteiger partial charge in [-0.1, -0.05) is 30.3 Å². The number of hydrogen-bond donors (Lipinski definition) is 2. The Morgan fingerprint density at radius 1 is 1.11 bits per heavy atom. The highest BCUT2D eigenvalue weighted by atomic mass is 79.9. The number of carbonyl (C=O) groups excluding carboxylic acids is 1. The molecule has 3 heterocycles. The minimum atomic E-state index is -0.304. The molecule has 27 heavy (non-hydrogen) atoms. The van der Waals surface area contributed by atoms with Gasteiger partial charge in [0, 0.05) is 45.8 Å². The highest BCUT2D eigenvalue weighted by Gasteiger charge is 2.15. The van der Waals surface area contributed by atoms with Crippen molar-refractivity contribution in [1.29, 1.82) is 0 Å². The van der Waals surface area contributed by atoms with Crippen LogP contribution in [0.15, 0.2) is 65.7 Å². The molecule has 4 aromatic rings. The van der Waals surface area contributed by atoms with Gasteiger partial charge in [0.15, 0.2) is 0 Å². The first-order valence-corrected chi connectivity index (χ1v) is 9.22. The van der Waals surface area contributed by atoms with Crippen molar-refractivity contribution in [1.82, 2.24) is 25.3 Å². The minimum Gasteiger partial charge on any atom is -0.346 e. The molecule has 0 saturated heterocycles. The van der Waals surface area contributed by atoms with Gasteiger partial charge in [0.2, 0.25) is 5.82 Å². The Balaban J connectivity index is 1.55. The number of H-pyrrole nitrogens is 1. The number of nitrogens with zero attached hydrogens (tertiary/aromatic N) is 3. The van der Waals surface area contributed by atoms with Crippen LogP contribution in [-0.4, -0.2) is 25.8 Å². The van der Waals surface area contributed by atoms with E-state index in [1.54, 1.807) is 18.6 Å². The average molecular weight is 422 g/mol. The second-order valence-corrected chi connectivity index (χ2v) is 7.07. The maximum atomic E-state index is 12.4. The molecule has 0 saturated carbocycles. The first-order valence-electron chi connectivity index (χ1n) is 8.42. The fraction of sp³-hybridized carbons (Fsp3) is 0.100. The van der Waals surface area contributed by atoms with Crippen LogP contribution >= 0.6 is 15.9 Å². The first kappa shape index (κ1) is 17.4. The van der Waals surface area contributed by atoms with Crippen molar-refractivity contribution in [3.05, 3.63) is 77.0 Å². The predicted molar refractivity (Wildman–Crippen MR) is 107 cm³/mol. The molecule has 1 amide bonds. The third-order valence-electron chi connectivity index (χ3n) is 4.31. The highest BCUT2D eigenvalue weighted by Crippen LogP contribution is 2.28. The van der Waals surface area contributed by atoms with Gasteiger partial charge in [-0.05, 0) is 34.5 Å². The second kappa shape index (κ2) is 7.28. The molecule has 4 rings (SSSR count). The van der Waals surface area contributed by atoms with Gasteiger partial charge in [-0.3, -0.25) is 4.79 Å². The molecule has 6 nitrogen and oxygen atoms in total. The number of rotatable bonds is 4. The van der Waals surface area contributed by atoms with Crippen molar-refractivity contribution < 1.29 is 4.79 Å². The largest absolute Gasteiger partial charge is 0.346 e. The number of halogens is 1. The van der Waals surface area contributed by atoms with E-state index in [1.807, 2.05) is 49.5 Å². The van der Waals surface area contributed by atoms with Crippen LogP contribution in [0.1, 0.15) is 29.1 Å². The molecule has 0 bridgehead atoms. The Morgan fingerprint density at radius 2 is 1.85 bits per heavy atom. The van der Waals surface area contributed by atoms with Crippen molar-refractivity contribution in [2.45, 2.75) is 13.0 Å². The number of hydrogen-bond acceptors (Lipinski definition) is 4. The Morgan fingerprint density at radius 3 is 2.59 bits per heavy atom. The summed E-state index contributed by atoms with van der Waals surface area (Å²) in [6.45, 7) is 1.93. The van der Waals surface area contributed by atoms with E-state index in [2.05, 4.69) is 41.2 Å². The summed E-state index contributed by atoms with van der Waals surface area (Å²) in [7, 11) is 0. The van der Waals surface area contributed by atoms with Gasteiger partial charge in [0.1, 0.15) is 5.65 Å². The molecule has 0 spiro atoms. The monoisotopic (exact) mass is 421 g/mol. The zero-order valence-corrected chi connectivity index (χ0v) is 16.1. The summed E-state index contributed by atoms with van der Waals surface area (Å²) in [5.41, 5.74) is 3.56. The molecule has 3 aromatic heterocycles. The summed E-state index contributed by atoms with van der Waals surface area (Å²) < 4.78 is 0.891. The zero-order valence-electron chi connectivity index (χ0n) is 14.5. The summed E-state index contributed by atoms with van der Waals surface area (Å²) in [5.74, 6) is -0.165. The van der Waals surface area contributed by atoms with Crippen molar-refractivity contribution >= 4 is 32.9 Å². The number of nitrogens with one attached hydrogen (secondary N) is 2. The number of aromatic nitrogens is 4. The Kier molecular flexibility index (Phi) is 4.68. The molecule has 7 heteroatoms. The van der Waals surface area contributed by atoms with E-state index in [0.29, 0.717) is 0 Å². The fourth-order valence-corrected chi connectivity index (χ4v) is 3.22. The third-order valence-corrected chi connectivity index (χ3v) is 4.74. The lowest BCUT2D eigenvalue weighted by atomic mass is 10.1. The molecule has 0 unspecified atom stereocenters. The molecule has 0 radical (unpaired) electrons. The van der Waals surface area contributed by atoms with Gasteiger partial charge >= 0.3 is 0 Å². The van der Waals surface area contributed by atoms with E-state index in [0.717, 1.165) is 32.2 Å². The smallest absolute Gasteiger partial charge is 0.289 e. The highest BCUT2D eigenvalue weighted by molar-refractivity contribution is 9.10. The van der Waals surface area contributed by atoms with Crippen LogP contribution in [0.3, 0.4) is 0 Å². The number of aromatic amines is 1. The molecule has 1 atom stereocenters. The number of carbonyl (C=O) groups is 1. The molecule has 1 aromatic carbocycles. The van der Waals surface area contributed by atoms with Gasteiger partial charge in [0.05, 0.1) is 6.04 Å². The average Bonchev–Trinajstić information content (AvgIpc) is 3.11. The summed E-state index contributed by atoms with van der Waals surface area (Å²) in [6, 6.07) is 11.6. The van der Waals surface area contributed by atoms with E-state index in [9.17, 15) is 4.79 Å². The summed E-state index contributed by atoms with van der Waals surface area (Å²) in [5, 5.41) is 3.88. The number of amides is 1. The minimum absolute atomic E-state index is 0.126. The molecule has 0 aliphatic rings. The van der Waals surface area contributed by atoms with E-state index in [-0.39, 0.29) is 17.8 Å². The summed E-state index contributed by atoms with van der Waals surface area (Å²) in [4.78, 5) is 28.4. The maximum absolute atomic E-state index is 12.4. The van der Waals surface area contributed by atoms with E-state index in [4.69, 9.17) is 0 Å². The van der Waals surface area contributed by atoms with Crippen molar-refractivity contribution in [3.63, 3.8) is 0 Å². The van der Waals surface area contributed by atoms with Crippen molar-refractivity contribution in [2.24, 2.45) is 0 Å². The molecule has 2 N–H and O–H groups in total. The predicted octanol–water partition coefficient (Wildman–Crippen LogP) is 4.27. The lowest BCUT2D eigenvalue weighted by Gasteiger charge is -2.13. The van der Waals surface area contributed by atoms with E-state index >= 15 is 0 Å². The van der Waals surface area contributed by atoms with Crippen molar-refractivity contribution in [2.75, 3.05) is 0 Å². The van der Waals surface area contributed by atoms with E-state index in [1.165, 1.54) is 0 Å². The first-order chi connectivity index (χ1) is 13.1. The fourth-order valence-electron chi connectivity index (χ4n) is 2.89. The summed E-state index contributed by atoms with van der Waals surface area (Å²) >= 11 is 3.44. The molecule has 0 aliphatic heterocycles. The number of benzene rings is 1. The van der Waals surface area contributed by atoms with Crippen LogP contribution in [0, 0.1) is 0 Å². The topological polar surface area (TPSA) is 83.6 Å². The van der Waals surface area contributed by atoms with Crippen LogP contribution in [0.5, 0.6) is 0 Å². The molecule has 0 fully saturated rings. The van der Waals surface area contributed by atoms with Gasteiger partial charge in [0.25, 0.3) is 5.91 Å². The Bertz CT molecular complexity index is 1090. The molecule has 0 aliphatic carbocycles. The lowest BCUT2D eigenvalue weighted by Crippen LogP contribution is -2.28. The van der Waals surface area contributed by atoms with Crippen molar-refractivity contribution in [3.8, 4) is 11.1 Å². The number of pyridine rings is 1. The van der Waals surface area contributed by atoms with Gasteiger partial charge in [-0.25, -0.2) is 15.0 Å². The number of fused-ring (bicyclic) bond motifs is 1. The standard InChI is InChI=1S/C20H16BrN5O/c1-12(13-5-3-2-4-6-13)26-20(27)19-22-8-14(9-23-19)17-11-25-18-16(17)7-15(21)10-24-18/h2-12H,1H3,(H,24,25)(H,26,27)/t12-/m1/s1. The van der Waals surface area contributed by atoms with Gasteiger partial charge < -0.3 is 10.3 Å². The van der Waals surface area contributed by atoms with E-state index < -0.39 is 0 Å². The Hall–Kier alpha value is -3.06. The SMILES string of the molecule is C[C@@H](NC(=O)c1ncc(-c2c[nH]c3ncc(Br)cc23)cn1)c1ccccc1. The molecular formula is C20H16BrN5O. The third kappa shape index (κ3) is 3.59. The zero-order chi connectivity index (χ0) is 18.8. The van der Waals surface area contributed by atoms with Gasteiger partial charge in [-0.15, -0.1) is 0 Å². The van der Waals surface area contributed by atoms with Crippen LogP contribution < -0.4 is 5.32 Å². The maximum Gasteiger partial charge on any atom is 0.289 e. The second-order valence-electron chi connectivity index (χ2n) is 6.15. The lowest BCUT2D eigenvalue weighted by molar-refractivity contribution is 0.0929. The summed E-state index contributed by atoms with van der Waals surface area (Å²) in [6.07, 6.45) is 6.90.